The molecule has 0 aromatic heterocycles. The number of rotatable bonds is 4. The van der Waals surface area contributed by atoms with Gasteiger partial charge < -0.3 is 5.32 Å². The predicted molar refractivity (Wildman–Crippen MR) is 81.4 cm³/mol. The van der Waals surface area contributed by atoms with E-state index in [9.17, 15) is 0 Å². The van der Waals surface area contributed by atoms with Crippen LogP contribution in [0.3, 0.4) is 0 Å². The Morgan fingerprint density at radius 1 is 1.15 bits per heavy atom. The summed E-state index contributed by atoms with van der Waals surface area (Å²) in [4.78, 5) is 0. The highest BCUT2D eigenvalue weighted by molar-refractivity contribution is 5.51. The third-order valence-corrected chi connectivity index (χ3v) is 3.84. The van der Waals surface area contributed by atoms with Crippen LogP contribution in [0.5, 0.6) is 0 Å². The van der Waals surface area contributed by atoms with Crippen molar-refractivity contribution in [2.75, 3.05) is 5.32 Å². The van der Waals surface area contributed by atoms with Crippen molar-refractivity contribution >= 4 is 5.69 Å². The molecule has 0 bridgehead atoms. The minimum absolute atomic E-state index is 0.351. The van der Waals surface area contributed by atoms with Gasteiger partial charge in [-0.15, -0.1) is 0 Å². The van der Waals surface area contributed by atoms with Gasteiger partial charge >= 0.3 is 0 Å². The Bertz CT molecular complexity index is 633. The topological polar surface area (TPSA) is 35.8 Å². The summed E-state index contributed by atoms with van der Waals surface area (Å²) in [6.07, 6.45) is 2.56. The van der Waals surface area contributed by atoms with Crippen LogP contribution in [0.4, 0.5) is 5.69 Å². The first-order valence-electron chi connectivity index (χ1n) is 7.09. The number of nitriles is 1. The monoisotopic (exact) mass is 262 g/mol. The SMILES string of the molecule is Cc1ccc(C(Nc2cccc(C#N)c2)C2CC2)cc1. The van der Waals surface area contributed by atoms with Crippen LogP contribution in [0.1, 0.15) is 35.6 Å². The fraction of sp³-hybridized carbons (Fsp3) is 0.278. The minimum Gasteiger partial charge on any atom is -0.378 e. The number of aryl methyl sites for hydroxylation is 1. The van der Waals surface area contributed by atoms with Crippen LogP contribution >= 0.6 is 0 Å². The molecule has 3 rings (SSSR count). The van der Waals surface area contributed by atoms with E-state index < -0.39 is 0 Å². The van der Waals surface area contributed by atoms with Crippen LogP contribution in [-0.4, -0.2) is 0 Å². The second-order valence-corrected chi connectivity index (χ2v) is 5.56. The van der Waals surface area contributed by atoms with Crippen LogP contribution in [-0.2, 0) is 0 Å². The molecule has 2 nitrogen and oxygen atoms in total. The van der Waals surface area contributed by atoms with Gasteiger partial charge in [-0.25, -0.2) is 0 Å². The Kier molecular flexibility index (Phi) is 3.43. The Morgan fingerprint density at radius 2 is 1.90 bits per heavy atom. The van der Waals surface area contributed by atoms with Crippen molar-refractivity contribution in [2.45, 2.75) is 25.8 Å². The van der Waals surface area contributed by atoms with Crippen molar-refractivity contribution in [1.29, 1.82) is 5.26 Å². The van der Waals surface area contributed by atoms with Crippen LogP contribution in [0, 0.1) is 24.2 Å². The normalized spacial score (nSPS) is 15.4. The number of hydrogen-bond acceptors (Lipinski definition) is 2. The van der Waals surface area contributed by atoms with Gasteiger partial charge in [-0.2, -0.15) is 5.26 Å². The van der Waals surface area contributed by atoms with Crippen molar-refractivity contribution < 1.29 is 0 Å². The molecule has 1 saturated carbocycles. The van der Waals surface area contributed by atoms with E-state index in [4.69, 9.17) is 5.26 Å². The highest BCUT2D eigenvalue weighted by Crippen LogP contribution is 2.42. The zero-order valence-electron chi connectivity index (χ0n) is 11.6. The van der Waals surface area contributed by atoms with Gasteiger partial charge in [-0.3, -0.25) is 0 Å². The van der Waals surface area contributed by atoms with E-state index in [1.54, 1.807) is 0 Å². The van der Waals surface area contributed by atoms with E-state index in [2.05, 4.69) is 42.6 Å². The molecule has 0 radical (unpaired) electrons. The average Bonchev–Trinajstić information content (AvgIpc) is 3.31. The molecule has 0 spiro atoms. The van der Waals surface area contributed by atoms with E-state index in [0.717, 1.165) is 5.69 Å². The zero-order valence-corrected chi connectivity index (χ0v) is 11.6. The molecular formula is C18H18N2. The second-order valence-electron chi connectivity index (χ2n) is 5.56. The maximum Gasteiger partial charge on any atom is 0.0992 e. The molecule has 1 atom stereocenters. The van der Waals surface area contributed by atoms with Gasteiger partial charge in [0.05, 0.1) is 17.7 Å². The van der Waals surface area contributed by atoms with Gasteiger partial charge in [0.2, 0.25) is 0 Å². The molecule has 100 valence electrons. The maximum absolute atomic E-state index is 8.99. The molecule has 0 amide bonds. The van der Waals surface area contributed by atoms with Crippen LogP contribution in [0.25, 0.3) is 0 Å². The van der Waals surface area contributed by atoms with Gasteiger partial charge in [0.25, 0.3) is 0 Å². The third-order valence-electron chi connectivity index (χ3n) is 3.84. The van der Waals surface area contributed by atoms with Crippen molar-refractivity contribution in [1.82, 2.24) is 0 Å². The van der Waals surface area contributed by atoms with Gasteiger partial charge in [-0.05, 0) is 49.4 Å². The first-order valence-corrected chi connectivity index (χ1v) is 7.09. The molecule has 2 aromatic rings. The fourth-order valence-corrected chi connectivity index (χ4v) is 2.53. The molecule has 0 saturated heterocycles. The van der Waals surface area contributed by atoms with Crippen LogP contribution in [0.2, 0.25) is 0 Å². The van der Waals surface area contributed by atoms with E-state index in [-0.39, 0.29) is 0 Å². The third kappa shape index (κ3) is 2.83. The zero-order chi connectivity index (χ0) is 13.9. The number of nitrogens with one attached hydrogen (secondary N) is 1. The molecule has 1 aliphatic rings. The average molecular weight is 262 g/mol. The molecule has 2 heteroatoms. The minimum atomic E-state index is 0.351. The number of benzene rings is 2. The first-order chi connectivity index (χ1) is 9.76. The summed E-state index contributed by atoms with van der Waals surface area (Å²) in [5.41, 5.74) is 4.35. The van der Waals surface area contributed by atoms with E-state index in [1.165, 1.54) is 24.0 Å². The lowest BCUT2D eigenvalue weighted by molar-refractivity contribution is 0.679. The van der Waals surface area contributed by atoms with Crippen LogP contribution < -0.4 is 5.32 Å². The number of nitrogens with zero attached hydrogens (tertiary/aromatic N) is 1. The van der Waals surface area contributed by atoms with Gasteiger partial charge in [0, 0.05) is 5.69 Å². The van der Waals surface area contributed by atoms with Crippen molar-refractivity contribution in [3.05, 3.63) is 65.2 Å². The molecule has 2 aromatic carbocycles. The van der Waals surface area contributed by atoms with Gasteiger partial charge in [0.15, 0.2) is 0 Å². The van der Waals surface area contributed by atoms with E-state index >= 15 is 0 Å². The summed E-state index contributed by atoms with van der Waals surface area (Å²) in [6, 6.07) is 19.0. The Balaban J connectivity index is 1.84. The lowest BCUT2D eigenvalue weighted by Crippen LogP contribution is -2.13. The summed E-state index contributed by atoms with van der Waals surface area (Å²) in [5, 5.41) is 12.6. The molecule has 0 heterocycles. The molecule has 20 heavy (non-hydrogen) atoms. The van der Waals surface area contributed by atoms with E-state index in [0.29, 0.717) is 17.5 Å². The molecule has 1 aliphatic carbocycles. The van der Waals surface area contributed by atoms with Crippen molar-refractivity contribution in [2.24, 2.45) is 5.92 Å². The summed E-state index contributed by atoms with van der Waals surface area (Å²) in [7, 11) is 0. The Labute approximate surface area is 120 Å². The highest BCUT2D eigenvalue weighted by atomic mass is 14.9. The molecule has 1 fully saturated rings. The smallest absolute Gasteiger partial charge is 0.0992 e. The van der Waals surface area contributed by atoms with Crippen LogP contribution in [0.15, 0.2) is 48.5 Å². The quantitative estimate of drug-likeness (QED) is 0.884. The van der Waals surface area contributed by atoms with Gasteiger partial charge in [0.1, 0.15) is 0 Å². The number of hydrogen-bond donors (Lipinski definition) is 1. The molecule has 1 unspecified atom stereocenters. The molecule has 0 aliphatic heterocycles. The predicted octanol–water partition coefficient (Wildman–Crippen LogP) is 4.43. The summed E-state index contributed by atoms with van der Waals surface area (Å²) < 4.78 is 0. The Morgan fingerprint density at radius 3 is 2.55 bits per heavy atom. The Hall–Kier alpha value is -2.27. The van der Waals surface area contributed by atoms with Gasteiger partial charge in [-0.1, -0.05) is 35.9 Å². The first kappa shape index (κ1) is 12.7. The summed E-state index contributed by atoms with van der Waals surface area (Å²) in [5.74, 6) is 0.712. The fourth-order valence-electron chi connectivity index (χ4n) is 2.53. The standard InChI is InChI=1S/C18H18N2/c1-13-5-7-15(8-6-13)18(16-9-10-16)20-17-4-2-3-14(11-17)12-19/h2-8,11,16,18,20H,9-10H2,1H3. The maximum atomic E-state index is 8.99. The summed E-state index contributed by atoms with van der Waals surface area (Å²) in [6.45, 7) is 2.11. The number of anilines is 1. The van der Waals surface area contributed by atoms with Crippen molar-refractivity contribution in [3.8, 4) is 6.07 Å². The lowest BCUT2D eigenvalue weighted by Gasteiger charge is -2.20. The molecule has 1 N–H and O–H groups in total. The van der Waals surface area contributed by atoms with Crippen molar-refractivity contribution in [3.63, 3.8) is 0 Å². The largest absolute Gasteiger partial charge is 0.378 e. The molecular weight excluding hydrogens is 244 g/mol. The highest BCUT2D eigenvalue weighted by Gasteiger charge is 2.32. The second kappa shape index (κ2) is 5.38. The van der Waals surface area contributed by atoms with E-state index in [1.807, 2.05) is 24.3 Å². The lowest BCUT2D eigenvalue weighted by atomic mass is 10.0. The summed E-state index contributed by atoms with van der Waals surface area (Å²) >= 11 is 0.